The molecule has 0 bridgehead atoms. The van der Waals surface area contributed by atoms with Gasteiger partial charge in [0.25, 0.3) is 0 Å². The molecule has 0 unspecified atom stereocenters. The number of rotatable bonds is 3. The Labute approximate surface area is 99.6 Å². The first-order valence-electron chi connectivity index (χ1n) is 5.98. The van der Waals surface area contributed by atoms with Crippen molar-refractivity contribution < 1.29 is 14.0 Å². The van der Waals surface area contributed by atoms with Crippen LogP contribution in [0.1, 0.15) is 34.1 Å². The van der Waals surface area contributed by atoms with Gasteiger partial charge in [0.15, 0.2) is 8.32 Å². The quantitative estimate of drug-likeness (QED) is 0.565. The van der Waals surface area contributed by atoms with Gasteiger partial charge >= 0.3 is 5.97 Å². The fourth-order valence-electron chi connectivity index (χ4n) is 1.44. The maximum absolute atomic E-state index is 11.2. The number of ether oxygens (including phenoxy) is 1. The standard InChI is InChI=1S/C12H24O3Si/c1-9-7-10(15-11(9)13)8-14-16(5,6)12(2,3)4/h9-10H,7-8H2,1-6H3/t9-,10+/m1/s1. The fraction of sp³-hybridized carbons (Fsp3) is 0.917. The van der Waals surface area contributed by atoms with Gasteiger partial charge in [-0.25, -0.2) is 0 Å². The molecule has 4 heteroatoms. The van der Waals surface area contributed by atoms with Crippen LogP contribution in [0.15, 0.2) is 0 Å². The number of cyclic esters (lactones) is 1. The first-order chi connectivity index (χ1) is 7.13. The molecule has 2 atom stereocenters. The minimum absolute atomic E-state index is 0.0309. The van der Waals surface area contributed by atoms with Gasteiger partial charge in [0.05, 0.1) is 12.5 Å². The summed E-state index contributed by atoms with van der Waals surface area (Å²) in [5.74, 6) is -0.0446. The third-order valence-electron chi connectivity index (χ3n) is 3.74. The number of esters is 1. The molecule has 0 radical (unpaired) electrons. The van der Waals surface area contributed by atoms with Crippen LogP contribution in [0.5, 0.6) is 0 Å². The van der Waals surface area contributed by atoms with Gasteiger partial charge < -0.3 is 9.16 Å². The second-order valence-corrected chi connectivity index (χ2v) is 11.1. The number of carbonyl (C=O) groups is 1. The van der Waals surface area contributed by atoms with Crippen molar-refractivity contribution >= 4 is 14.3 Å². The fourth-order valence-corrected chi connectivity index (χ4v) is 2.47. The molecule has 0 amide bonds. The molecule has 1 fully saturated rings. The minimum Gasteiger partial charge on any atom is -0.460 e. The Hall–Kier alpha value is -0.353. The van der Waals surface area contributed by atoms with Gasteiger partial charge in [0, 0.05) is 0 Å². The van der Waals surface area contributed by atoms with Crippen molar-refractivity contribution in [2.45, 2.75) is 58.4 Å². The normalized spacial score (nSPS) is 27.0. The van der Waals surface area contributed by atoms with Crippen molar-refractivity contribution in [1.82, 2.24) is 0 Å². The first kappa shape index (κ1) is 13.7. The van der Waals surface area contributed by atoms with E-state index in [1.165, 1.54) is 0 Å². The zero-order valence-electron chi connectivity index (χ0n) is 11.3. The van der Waals surface area contributed by atoms with Gasteiger partial charge in [-0.2, -0.15) is 0 Å². The van der Waals surface area contributed by atoms with Crippen molar-refractivity contribution in [3.05, 3.63) is 0 Å². The molecular formula is C12H24O3Si. The van der Waals surface area contributed by atoms with Gasteiger partial charge in [0.2, 0.25) is 0 Å². The first-order valence-corrected chi connectivity index (χ1v) is 8.89. The average molecular weight is 244 g/mol. The number of carbonyl (C=O) groups excluding carboxylic acids is 1. The Bertz CT molecular complexity index is 268. The zero-order valence-corrected chi connectivity index (χ0v) is 12.3. The van der Waals surface area contributed by atoms with Crippen molar-refractivity contribution in [2.75, 3.05) is 6.61 Å². The van der Waals surface area contributed by atoms with E-state index >= 15 is 0 Å². The van der Waals surface area contributed by atoms with E-state index in [-0.39, 0.29) is 23.0 Å². The highest BCUT2D eigenvalue weighted by atomic mass is 28.4. The van der Waals surface area contributed by atoms with Gasteiger partial charge in [-0.05, 0) is 24.6 Å². The molecule has 0 aromatic carbocycles. The summed E-state index contributed by atoms with van der Waals surface area (Å²) in [5, 5.41) is 0.210. The van der Waals surface area contributed by atoms with Crippen LogP contribution in [-0.4, -0.2) is 27.0 Å². The van der Waals surface area contributed by atoms with Crippen LogP contribution in [0.4, 0.5) is 0 Å². The second-order valence-electron chi connectivity index (χ2n) is 6.27. The van der Waals surface area contributed by atoms with Gasteiger partial charge in [0.1, 0.15) is 6.10 Å². The van der Waals surface area contributed by atoms with Crippen LogP contribution in [0.2, 0.25) is 18.1 Å². The molecule has 0 aromatic heterocycles. The lowest BCUT2D eigenvalue weighted by Gasteiger charge is -2.36. The SMILES string of the molecule is C[C@@H]1C[C@@H](CO[Si](C)(C)C(C)(C)C)OC1=O. The molecule has 94 valence electrons. The van der Waals surface area contributed by atoms with Crippen LogP contribution in [-0.2, 0) is 14.0 Å². The van der Waals surface area contributed by atoms with E-state index in [9.17, 15) is 4.79 Å². The molecule has 1 saturated heterocycles. The Morgan fingerprint density at radius 1 is 1.44 bits per heavy atom. The summed E-state index contributed by atoms with van der Waals surface area (Å²) in [5.41, 5.74) is 0. The van der Waals surface area contributed by atoms with Crippen molar-refractivity contribution in [1.29, 1.82) is 0 Å². The number of hydrogen-bond acceptors (Lipinski definition) is 3. The maximum Gasteiger partial charge on any atom is 0.309 e. The summed E-state index contributed by atoms with van der Waals surface area (Å²) in [4.78, 5) is 11.2. The Morgan fingerprint density at radius 2 is 2.00 bits per heavy atom. The lowest BCUT2D eigenvalue weighted by atomic mass is 10.1. The molecule has 0 aromatic rings. The zero-order chi connectivity index (χ0) is 12.6. The molecule has 0 N–H and O–H groups in total. The summed E-state index contributed by atoms with van der Waals surface area (Å²) < 4.78 is 11.3. The molecule has 0 saturated carbocycles. The highest BCUT2D eigenvalue weighted by Crippen LogP contribution is 2.37. The third kappa shape index (κ3) is 3.07. The van der Waals surface area contributed by atoms with E-state index in [1.54, 1.807) is 0 Å². The monoisotopic (exact) mass is 244 g/mol. The maximum atomic E-state index is 11.2. The minimum atomic E-state index is -1.71. The van der Waals surface area contributed by atoms with Crippen LogP contribution >= 0.6 is 0 Å². The van der Waals surface area contributed by atoms with E-state index in [2.05, 4.69) is 33.9 Å². The van der Waals surface area contributed by atoms with Gasteiger partial charge in [-0.1, -0.05) is 27.7 Å². The lowest BCUT2D eigenvalue weighted by Crippen LogP contribution is -2.42. The highest BCUT2D eigenvalue weighted by molar-refractivity contribution is 6.74. The second kappa shape index (κ2) is 4.49. The van der Waals surface area contributed by atoms with Gasteiger partial charge in [-0.3, -0.25) is 4.79 Å². The Balaban J connectivity index is 2.44. The molecule has 3 nitrogen and oxygen atoms in total. The van der Waals surface area contributed by atoms with Crippen molar-refractivity contribution in [2.24, 2.45) is 5.92 Å². The predicted molar refractivity (Wildman–Crippen MR) is 66.8 cm³/mol. The molecular weight excluding hydrogens is 220 g/mol. The van der Waals surface area contributed by atoms with E-state index in [0.29, 0.717) is 6.61 Å². The molecule has 0 spiro atoms. The van der Waals surface area contributed by atoms with E-state index in [4.69, 9.17) is 9.16 Å². The van der Waals surface area contributed by atoms with Gasteiger partial charge in [-0.15, -0.1) is 0 Å². The smallest absolute Gasteiger partial charge is 0.309 e. The summed E-state index contributed by atoms with van der Waals surface area (Å²) in [7, 11) is -1.71. The van der Waals surface area contributed by atoms with E-state index < -0.39 is 8.32 Å². The van der Waals surface area contributed by atoms with Crippen LogP contribution < -0.4 is 0 Å². The molecule has 16 heavy (non-hydrogen) atoms. The van der Waals surface area contributed by atoms with Crippen LogP contribution in [0, 0.1) is 5.92 Å². The third-order valence-corrected chi connectivity index (χ3v) is 8.24. The molecule has 1 heterocycles. The number of hydrogen-bond donors (Lipinski definition) is 0. The summed E-state index contributed by atoms with van der Waals surface area (Å²) >= 11 is 0. The largest absolute Gasteiger partial charge is 0.460 e. The Morgan fingerprint density at radius 3 is 2.38 bits per heavy atom. The highest BCUT2D eigenvalue weighted by Gasteiger charge is 2.39. The molecule has 1 rings (SSSR count). The summed E-state index contributed by atoms with van der Waals surface area (Å²) in [6, 6.07) is 0. The predicted octanol–water partition coefficient (Wildman–Crippen LogP) is 2.96. The topological polar surface area (TPSA) is 35.5 Å². The summed E-state index contributed by atoms with van der Waals surface area (Å²) in [6.07, 6.45) is 0.768. The van der Waals surface area contributed by atoms with Crippen molar-refractivity contribution in [3.63, 3.8) is 0 Å². The summed E-state index contributed by atoms with van der Waals surface area (Å²) in [6.45, 7) is 13.5. The van der Waals surface area contributed by atoms with Crippen LogP contribution in [0.25, 0.3) is 0 Å². The van der Waals surface area contributed by atoms with E-state index in [0.717, 1.165) is 6.42 Å². The lowest BCUT2D eigenvalue weighted by molar-refractivity contribution is -0.144. The van der Waals surface area contributed by atoms with Crippen LogP contribution in [0.3, 0.4) is 0 Å². The molecule has 1 aliphatic heterocycles. The average Bonchev–Trinajstić information content (AvgIpc) is 2.41. The Kier molecular flexibility index (Phi) is 3.85. The van der Waals surface area contributed by atoms with Crippen molar-refractivity contribution in [3.8, 4) is 0 Å². The molecule has 1 aliphatic rings. The van der Waals surface area contributed by atoms with E-state index in [1.807, 2.05) is 6.92 Å². The molecule has 0 aliphatic carbocycles.